The average molecular weight is 341 g/mol. The van der Waals surface area contributed by atoms with Gasteiger partial charge in [0.15, 0.2) is 0 Å². The lowest BCUT2D eigenvalue weighted by Crippen LogP contribution is -2.43. The van der Waals surface area contributed by atoms with Crippen molar-refractivity contribution in [3.8, 4) is 0 Å². The van der Waals surface area contributed by atoms with Gasteiger partial charge in [-0.15, -0.1) is 0 Å². The molecule has 0 N–H and O–H groups in total. The summed E-state index contributed by atoms with van der Waals surface area (Å²) < 4.78 is 39.1. The summed E-state index contributed by atoms with van der Waals surface area (Å²) in [6, 6.07) is 15.9. The van der Waals surface area contributed by atoms with Gasteiger partial charge in [0, 0.05) is 11.1 Å². The maximum atomic E-state index is 13.0. The van der Waals surface area contributed by atoms with Crippen molar-refractivity contribution in [3.05, 3.63) is 71.3 Å². The van der Waals surface area contributed by atoms with E-state index in [1.54, 1.807) is 24.3 Å². The van der Waals surface area contributed by atoms with E-state index in [0.717, 1.165) is 5.19 Å². The summed E-state index contributed by atoms with van der Waals surface area (Å²) in [5.74, 6) is 0. The molecular formula is C17H16ClF3Si. The Hall–Kier alpha value is -1.52. The van der Waals surface area contributed by atoms with Crippen LogP contribution in [0.1, 0.15) is 5.56 Å². The summed E-state index contributed by atoms with van der Waals surface area (Å²) in [7, 11) is -2.48. The second-order valence-electron chi connectivity index (χ2n) is 5.60. The Bertz CT molecular complexity index is 659. The van der Waals surface area contributed by atoms with Crippen molar-refractivity contribution >= 4 is 30.1 Å². The summed E-state index contributed by atoms with van der Waals surface area (Å²) in [5.41, 5.74) is 0.572. The molecule has 0 saturated heterocycles. The van der Waals surface area contributed by atoms with E-state index < -0.39 is 14.3 Å². The number of hydrogen-bond donors (Lipinski definition) is 0. The molecule has 2 aromatic carbocycles. The zero-order valence-electron chi connectivity index (χ0n) is 12.3. The van der Waals surface area contributed by atoms with Crippen molar-refractivity contribution in [2.45, 2.75) is 19.3 Å². The molecule has 0 fully saturated rings. The molecule has 0 nitrogen and oxygen atoms in total. The fourth-order valence-electron chi connectivity index (χ4n) is 2.43. The summed E-state index contributed by atoms with van der Waals surface area (Å²) in [4.78, 5) is 0. The van der Waals surface area contributed by atoms with Crippen molar-refractivity contribution in [3.63, 3.8) is 0 Å². The van der Waals surface area contributed by atoms with E-state index in [9.17, 15) is 13.2 Å². The van der Waals surface area contributed by atoms with Crippen LogP contribution in [0.15, 0.2) is 60.7 Å². The number of alkyl halides is 3. The molecule has 0 aliphatic carbocycles. The molecule has 22 heavy (non-hydrogen) atoms. The van der Waals surface area contributed by atoms with Crippen LogP contribution in [0.3, 0.4) is 0 Å². The molecule has 0 radical (unpaired) electrons. The molecule has 2 aromatic rings. The van der Waals surface area contributed by atoms with Crippen molar-refractivity contribution in [2.24, 2.45) is 0 Å². The molecule has 0 bridgehead atoms. The second-order valence-corrected chi connectivity index (χ2v) is 10.4. The van der Waals surface area contributed by atoms with Crippen LogP contribution in [-0.4, -0.2) is 14.3 Å². The number of halogens is 4. The van der Waals surface area contributed by atoms with E-state index >= 15 is 0 Å². The van der Waals surface area contributed by atoms with Crippen LogP contribution in [-0.2, 0) is 0 Å². The first kappa shape index (κ1) is 16.8. The van der Waals surface area contributed by atoms with Gasteiger partial charge in [0.2, 0.25) is 0 Å². The van der Waals surface area contributed by atoms with Gasteiger partial charge in [0.05, 0.1) is 0 Å². The first-order valence-corrected chi connectivity index (χ1v) is 10.2. The molecule has 0 saturated carbocycles. The quantitative estimate of drug-likeness (QED) is 0.652. The number of benzene rings is 2. The molecular weight excluding hydrogens is 325 g/mol. The Balaban J connectivity index is 2.59. The molecule has 0 heterocycles. The van der Waals surface area contributed by atoms with Gasteiger partial charge in [-0.2, -0.15) is 13.2 Å². The monoisotopic (exact) mass is 340 g/mol. The first-order valence-electron chi connectivity index (χ1n) is 6.82. The minimum absolute atomic E-state index is 0.350. The number of rotatable bonds is 3. The van der Waals surface area contributed by atoms with Gasteiger partial charge in [-0.1, -0.05) is 72.3 Å². The van der Waals surface area contributed by atoms with Crippen LogP contribution in [0.25, 0.3) is 5.20 Å². The Morgan fingerprint density at radius 1 is 0.955 bits per heavy atom. The van der Waals surface area contributed by atoms with Crippen molar-refractivity contribution in [1.82, 2.24) is 0 Å². The minimum atomic E-state index is -4.35. The Morgan fingerprint density at radius 3 is 2.00 bits per heavy atom. The van der Waals surface area contributed by atoms with Crippen LogP contribution >= 0.6 is 11.6 Å². The normalized spacial score (nSPS) is 13.3. The van der Waals surface area contributed by atoms with E-state index in [4.69, 9.17) is 11.6 Å². The minimum Gasteiger partial charge on any atom is -0.167 e. The number of hydrogen-bond acceptors (Lipinski definition) is 0. The van der Waals surface area contributed by atoms with Gasteiger partial charge in [0.25, 0.3) is 0 Å². The Kier molecular flexibility index (Phi) is 4.83. The standard InChI is InChI=1S/C17H16ClF3Si/c1-22(2,15-6-4-3-5-7-15)16(12-17(19,20)21)13-8-10-14(18)11-9-13/h3-12H,1-2H3/b16-12+. The molecule has 0 atom stereocenters. The largest absolute Gasteiger partial charge is 0.409 e. The molecule has 0 aliphatic heterocycles. The third-order valence-electron chi connectivity index (χ3n) is 3.63. The van der Waals surface area contributed by atoms with Crippen LogP contribution in [0.4, 0.5) is 13.2 Å². The molecule has 116 valence electrons. The van der Waals surface area contributed by atoms with Crippen molar-refractivity contribution < 1.29 is 13.2 Å². The SMILES string of the molecule is C[Si](C)(/C(=C/C(F)(F)F)c1ccc(Cl)cc1)c1ccccc1. The molecule has 0 aliphatic rings. The van der Waals surface area contributed by atoms with Crippen LogP contribution in [0.5, 0.6) is 0 Å². The zero-order valence-corrected chi connectivity index (χ0v) is 14.0. The van der Waals surface area contributed by atoms with Gasteiger partial charge in [-0.3, -0.25) is 0 Å². The lowest BCUT2D eigenvalue weighted by Gasteiger charge is -2.27. The fraction of sp³-hybridized carbons (Fsp3) is 0.176. The van der Waals surface area contributed by atoms with Crippen molar-refractivity contribution in [1.29, 1.82) is 0 Å². The van der Waals surface area contributed by atoms with E-state index in [0.29, 0.717) is 21.9 Å². The summed E-state index contributed by atoms with van der Waals surface area (Å²) in [5, 5.41) is 1.82. The highest BCUT2D eigenvalue weighted by Gasteiger charge is 2.34. The van der Waals surface area contributed by atoms with Gasteiger partial charge in [-0.05, 0) is 22.9 Å². The Morgan fingerprint density at radius 2 is 1.50 bits per heavy atom. The van der Waals surface area contributed by atoms with Gasteiger partial charge >= 0.3 is 6.18 Å². The Labute approximate surface area is 134 Å². The molecule has 0 amide bonds. The molecule has 5 heteroatoms. The summed E-state index contributed by atoms with van der Waals surface area (Å²) in [6.07, 6.45) is -3.91. The highest BCUT2D eigenvalue weighted by atomic mass is 35.5. The van der Waals surface area contributed by atoms with E-state index in [2.05, 4.69) is 0 Å². The third-order valence-corrected chi connectivity index (χ3v) is 7.44. The van der Waals surface area contributed by atoms with E-state index in [1.165, 1.54) is 0 Å². The topological polar surface area (TPSA) is 0 Å². The second kappa shape index (κ2) is 6.30. The smallest absolute Gasteiger partial charge is 0.167 e. The predicted molar refractivity (Wildman–Crippen MR) is 89.0 cm³/mol. The molecule has 0 unspecified atom stereocenters. The summed E-state index contributed by atoms with van der Waals surface area (Å²) >= 11 is 5.85. The third kappa shape index (κ3) is 4.02. The molecule has 2 rings (SSSR count). The first-order chi connectivity index (χ1) is 10.2. The summed E-state index contributed by atoms with van der Waals surface area (Å²) in [6.45, 7) is 3.85. The maximum absolute atomic E-state index is 13.0. The van der Waals surface area contributed by atoms with Crippen molar-refractivity contribution in [2.75, 3.05) is 0 Å². The van der Waals surface area contributed by atoms with Crippen LogP contribution in [0.2, 0.25) is 18.1 Å². The average Bonchev–Trinajstić information content (AvgIpc) is 2.46. The van der Waals surface area contributed by atoms with Gasteiger partial charge in [0.1, 0.15) is 8.07 Å². The van der Waals surface area contributed by atoms with Gasteiger partial charge in [-0.25, -0.2) is 0 Å². The van der Waals surface area contributed by atoms with Crippen LogP contribution < -0.4 is 5.19 Å². The lowest BCUT2D eigenvalue weighted by atomic mass is 10.2. The fourth-order valence-corrected chi connectivity index (χ4v) is 5.30. The van der Waals surface area contributed by atoms with E-state index in [-0.39, 0.29) is 0 Å². The predicted octanol–water partition coefficient (Wildman–Crippen LogP) is 5.44. The highest BCUT2D eigenvalue weighted by Crippen LogP contribution is 2.31. The molecule has 0 spiro atoms. The van der Waals surface area contributed by atoms with Crippen LogP contribution in [0, 0.1) is 0 Å². The van der Waals surface area contributed by atoms with E-state index in [1.807, 2.05) is 43.4 Å². The maximum Gasteiger partial charge on any atom is 0.409 e. The highest BCUT2D eigenvalue weighted by molar-refractivity contribution is 7.04. The van der Waals surface area contributed by atoms with Gasteiger partial charge < -0.3 is 0 Å². The lowest BCUT2D eigenvalue weighted by molar-refractivity contribution is -0.0792. The zero-order chi connectivity index (χ0) is 16.4. The molecule has 0 aromatic heterocycles. The number of allylic oxidation sites excluding steroid dienone is 1.